The molecule has 0 fully saturated rings. The number of carbonyl (C=O) groups excluding carboxylic acids is 2. The molecule has 7 heteroatoms. The molecule has 122 valence electrons. The number of benzene rings is 1. The third-order valence-corrected chi connectivity index (χ3v) is 2.87. The van der Waals surface area contributed by atoms with Crippen molar-refractivity contribution in [2.24, 2.45) is 0 Å². The van der Waals surface area contributed by atoms with E-state index in [1.54, 1.807) is 18.0 Å². The van der Waals surface area contributed by atoms with E-state index < -0.39 is 17.8 Å². The van der Waals surface area contributed by atoms with Gasteiger partial charge in [-0.15, -0.1) is 0 Å². The molecular formula is C15H22FN3O3. The van der Waals surface area contributed by atoms with Gasteiger partial charge < -0.3 is 10.1 Å². The molecule has 0 aliphatic heterocycles. The van der Waals surface area contributed by atoms with Crippen molar-refractivity contribution < 1.29 is 18.7 Å². The van der Waals surface area contributed by atoms with E-state index in [2.05, 4.69) is 10.6 Å². The average Bonchev–Trinajstić information content (AvgIpc) is 2.44. The Morgan fingerprint density at radius 2 is 2.09 bits per heavy atom. The predicted molar refractivity (Wildman–Crippen MR) is 81.1 cm³/mol. The molecule has 0 spiro atoms. The minimum atomic E-state index is -0.504. The number of urea groups is 1. The third-order valence-electron chi connectivity index (χ3n) is 2.87. The van der Waals surface area contributed by atoms with E-state index in [0.29, 0.717) is 18.7 Å². The van der Waals surface area contributed by atoms with Gasteiger partial charge in [0.2, 0.25) is 5.91 Å². The summed E-state index contributed by atoms with van der Waals surface area (Å²) in [6.07, 6.45) is 0.796. The maximum atomic E-state index is 13.6. The molecule has 0 aromatic heterocycles. The van der Waals surface area contributed by atoms with Crippen LogP contribution in [0.5, 0.6) is 5.75 Å². The maximum Gasteiger partial charge on any atom is 0.321 e. The Labute approximate surface area is 129 Å². The van der Waals surface area contributed by atoms with Crippen molar-refractivity contribution >= 4 is 11.9 Å². The first-order valence-corrected chi connectivity index (χ1v) is 7.05. The molecule has 1 aromatic rings. The molecule has 2 N–H and O–H groups in total. The number of amides is 3. The van der Waals surface area contributed by atoms with Gasteiger partial charge in [0, 0.05) is 13.1 Å². The lowest BCUT2D eigenvalue weighted by molar-refractivity contribution is -0.120. The summed E-state index contributed by atoms with van der Waals surface area (Å²) in [6.45, 7) is 2.85. The number of ether oxygens (including phenoxy) is 1. The summed E-state index contributed by atoms with van der Waals surface area (Å²) in [5.74, 6) is -0.682. The molecule has 0 aliphatic carbocycles. The van der Waals surface area contributed by atoms with E-state index in [1.165, 1.54) is 19.2 Å². The summed E-state index contributed by atoms with van der Waals surface area (Å²) in [4.78, 5) is 24.7. The minimum Gasteiger partial charge on any atom is -0.494 e. The van der Waals surface area contributed by atoms with Crippen molar-refractivity contribution in [2.75, 3.05) is 27.2 Å². The number of hydrogen-bond donors (Lipinski definition) is 2. The normalized spacial score (nSPS) is 10.4. The Bertz CT molecular complexity index is 523. The van der Waals surface area contributed by atoms with Gasteiger partial charge in [0.15, 0.2) is 11.6 Å². The first-order chi connectivity index (χ1) is 10.5. The van der Waals surface area contributed by atoms with Gasteiger partial charge in [-0.2, -0.15) is 0 Å². The molecule has 1 aromatic carbocycles. The van der Waals surface area contributed by atoms with E-state index in [4.69, 9.17) is 4.74 Å². The van der Waals surface area contributed by atoms with Crippen LogP contribution in [0.1, 0.15) is 18.9 Å². The number of carbonyl (C=O) groups is 2. The molecule has 0 saturated carbocycles. The van der Waals surface area contributed by atoms with Crippen LogP contribution in [0.15, 0.2) is 18.2 Å². The summed E-state index contributed by atoms with van der Waals surface area (Å²) < 4.78 is 18.4. The zero-order valence-corrected chi connectivity index (χ0v) is 13.1. The summed E-state index contributed by atoms with van der Waals surface area (Å²) in [5, 5.41) is 4.79. The highest BCUT2D eigenvalue weighted by molar-refractivity contribution is 5.95. The second-order valence-corrected chi connectivity index (χ2v) is 4.95. The molecule has 0 heterocycles. The number of imide groups is 1. The molecular weight excluding hydrogens is 289 g/mol. The van der Waals surface area contributed by atoms with Crippen LogP contribution in [0, 0.1) is 5.82 Å². The van der Waals surface area contributed by atoms with E-state index >= 15 is 0 Å². The van der Waals surface area contributed by atoms with Crippen LogP contribution in [-0.2, 0) is 11.3 Å². The Morgan fingerprint density at radius 1 is 1.36 bits per heavy atom. The Balaban J connectivity index is 2.45. The van der Waals surface area contributed by atoms with Gasteiger partial charge >= 0.3 is 6.03 Å². The highest BCUT2D eigenvalue weighted by Gasteiger charge is 2.11. The fourth-order valence-electron chi connectivity index (χ4n) is 1.87. The Hall–Kier alpha value is -2.15. The summed E-state index contributed by atoms with van der Waals surface area (Å²) in [6, 6.07) is 4.12. The van der Waals surface area contributed by atoms with Gasteiger partial charge in [-0.3, -0.25) is 15.0 Å². The van der Waals surface area contributed by atoms with Gasteiger partial charge in [0.25, 0.3) is 0 Å². The second-order valence-electron chi connectivity index (χ2n) is 4.95. The molecule has 1 rings (SSSR count). The number of rotatable bonds is 7. The SMILES string of the molecule is CCCNC(=O)NC(=O)CN(C)Cc1ccc(OC)c(F)c1. The number of nitrogens with zero attached hydrogens (tertiary/aromatic N) is 1. The van der Waals surface area contributed by atoms with Crippen molar-refractivity contribution in [3.8, 4) is 5.75 Å². The molecule has 0 radical (unpaired) electrons. The molecule has 3 amide bonds. The molecule has 0 atom stereocenters. The zero-order chi connectivity index (χ0) is 16.5. The standard InChI is InChI=1S/C15H22FN3O3/c1-4-7-17-15(21)18-14(20)10-19(2)9-11-5-6-13(22-3)12(16)8-11/h5-6,8H,4,7,9-10H2,1-3H3,(H2,17,18,20,21). The number of likely N-dealkylation sites (N-methyl/N-ethyl adjacent to an activating group) is 1. The second kappa shape index (κ2) is 8.99. The lowest BCUT2D eigenvalue weighted by Crippen LogP contribution is -2.43. The number of halogens is 1. The van der Waals surface area contributed by atoms with Crippen LogP contribution in [-0.4, -0.2) is 44.1 Å². The number of hydrogen-bond acceptors (Lipinski definition) is 4. The van der Waals surface area contributed by atoms with Crippen molar-refractivity contribution in [3.63, 3.8) is 0 Å². The lowest BCUT2D eigenvalue weighted by Gasteiger charge is -2.16. The van der Waals surface area contributed by atoms with Crippen LogP contribution in [0.3, 0.4) is 0 Å². The molecule has 22 heavy (non-hydrogen) atoms. The third kappa shape index (κ3) is 6.09. The summed E-state index contributed by atoms with van der Waals surface area (Å²) in [5.41, 5.74) is 0.712. The smallest absolute Gasteiger partial charge is 0.321 e. The van der Waals surface area contributed by atoms with Crippen molar-refractivity contribution in [3.05, 3.63) is 29.6 Å². The van der Waals surface area contributed by atoms with E-state index in [0.717, 1.165) is 6.42 Å². The average molecular weight is 311 g/mol. The van der Waals surface area contributed by atoms with Crippen molar-refractivity contribution in [1.82, 2.24) is 15.5 Å². The quantitative estimate of drug-likeness (QED) is 0.800. The van der Waals surface area contributed by atoms with E-state index in [1.807, 2.05) is 6.92 Å². The predicted octanol–water partition coefficient (Wildman–Crippen LogP) is 1.50. The number of nitrogens with one attached hydrogen (secondary N) is 2. The van der Waals surface area contributed by atoms with Gasteiger partial charge in [-0.1, -0.05) is 13.0 Å². The fourth-order valence-corrected chi connectivity index (χ4v) is 1.87. The topological polar surface area (TPSA) is 70.7 Å². The largest absolute Gasteiger partial charge is 0.494 e. The monoisotopic (exact) mass is 311 g/mol. The van der Waals surface area contributed by atoms with E-state index in [9.17, 15) is 14.0 Å². The lowest BCUT2D eigenvalue weighted by atomic mass is 10.2. The van der Waals surface area contributed by atoms with Gasteiger partial charge in [-0.05, 0) is 31.2 Å². The fraction of sp³-hybridized carbons (Fsp3) is 0.467. The highest BCUT2D eigenvalue weighted by Crippen LogP contribution is 2.18. The van der Waals surface area contributed by atoms with Crippen molar-refractivity contribution in [2.45, 2.75) is 19.9 Å². The molecule has 0 unspecified atom stereocenters. The van der Waals surface area contributed by atoms with Crippen LogP contribution in [0.4, 0.5) is 9.18 Å². The Kier molecular flexibility index (Phi) is 7.31. The first kappa shape index (κ1) is 17.9. The van der Waals surface area contributed by atoms with Crippen LogP contribution in [0.2, 0.25) is 0 Å². The van der Waals surface area contributed by atoms with Gasteiger partial charge in [-0.25, -0.2) is 9.18 Å². The molecule has 6 nitrogen and oxygen atoms in total. The van der Waals surface area contributed by atoms with Crippen LogP contribution >= 0.6 is 0 Å². The first-order valence-electron chi connectivity index (χ1n) is 7.05. The summed E-state index contributed by atoms with van der Waals surface area (Å²) in [7, 11) is 3.11. The molecule has 0 saturated heterocycles. The highest BCUT2D eigenvalue weighted by atomic mass is 19.1. The van der Waals surface area contributed by atoms with Gasteiger partial charge in [0.1, 0.15) is 0 Å². The van der Waals surface area contributed by atoms with E-state index in [-0.39, 0.29) is 12.3 Å². The maximum absolute atomic E-state index is 13.6. The van der Waals surface area contributed by atoms with Crippen molar-refractivity contribution in [1.29, 1.82) is 0 Å². The van der Waals surface area contributed by atoms with Crippen LogP contribution < -0.4 is 15.4 Å². The Morgan fingerprint density at radius 3 is 2.68 bits per heavy atom. The zero-order valence-electron chi connectivity index (χ0n) is 13.1. The molecule has 0 bridgehead atoms. The summed E-state index contributed by atoms with van der Waals surface area (Å²) >= 11 is 0. The molecule has 0 aliphatic rings. The number of methoxy groups -OCH3 is 1. The van der Waals surface area contributed by atoms with Crippen LogP contribution in [0.25, 0.3) is 0 Å². The minimum absolute atomic E-state index is 0.0349. The van der Waals surface area contributed by atoms with Gasteiger partial charge in [0.05, 0.1) is 13.7 Å².